The maximum absolute atomic E-state index is 9.23. The highest BCUT2D eigenvalue weighted by Gasteiger charge is 2.04. The average molecular weight is 223 g/mol. The molecule has 0 aliphatic heterocycles. The molecule has 0 aliphatic rings. The second-order valence-electron chi connectivity index (χ2n) is 4.02. The van der Waals surface area contributed by atoms with Gasteiger partial charge in [-0.2, -0.15) is 0 Å². The largest absolute Gasteiger partial charge is 0.393 e. The average Bonchev–Trinajstić information content (AvgIpc) is 2.26. The van der Waals surface area contributed by atoms with E-state index < -0.39 is 0 Å². The summed E-state index contributed by atoms with van der Waals surface area (Å²) < 4.78 is 0. The summed E-state index contributed by atoms with van der Waals surface area (Å²) in [7, 11) is 2.01. The van der Waals surface area contributed by atoms with E-state index >= 15 is 0 Å². The molecule has 4 nitrogen and oxygen atoms in total. The van der Waals surface area contributed by atoms with Crippen LogP contribution in [0.15, 0.2) is 18.5 Å². The van der Waals surface area contributed by atoms with Crippen LogP contribution in [0.3, 0.4) is 0 Å². The number of rotatable bonds is 6. The normalized spacial score (nSPS) is 12.2. The van der Waals surface area contributed by atoms with Gasteiger partial charge in [-0.05, 0) is 26.3 Å². The van der Waals surface area contributed by atoms with Crippen molar-refractivity contribution in [1.29, 1.82) is 0 Å². The zero-order valence-corrected chi connectivity index (χ0v) is 10.3. The second-order valence-corrected chi connectivity index (χ2v) is 4.02. The van der Waals surface area contributed by atoms with Crippen molar-refractivity contribution in [3.8, 4) is 0 Å². The number of nitrogens with one attached hydrogen (secondary N) is 1. The Balaban J connectivity index is 2.60. The number of anilines is 2. The number of pyridine rings is 1. The Hall–Kier alpha value is -1.29. The maximum atomic E-state index is 9.23. The van der Waals surface area contributed by atoms with Gasteiger partial charge in [-0.1, -0.05) is 0 Å². The Morgan fingerprint density at radius 3 is 2.88 bits per heavy atom. The first-order valence-corrected chi connectivity index (χ1v) is 5.71. The van der Waals surface area contributed by atoms with Crippen molar-refractivity contribution in [2.75, 3.05) is 30.4 Å². The molecule has 1 aromatic heterocycles. The molecule has 1 rings (SSSR count). The highest BCUT2D eigenvalue weighted by Crippen LogP contribution is 2.16. The van der Waals surface area contributed by atoms with Crippen molar-refractivity contribution in [3.05, 3.63) is 18.5 Å². The fourth-order valence-electron chi connectivity index (χ4n) is 1.45. The highest BCUT2D eigenvalue weighted by molar-refractivity contribution is 5.55. The molecule has 16 heavy (non-hydrogen) atoms. The second kappa shape index (κ2) is 6.33. The van der Waals surface area contributed by atoms with Gasteiger partial charge in [-0.15, -0.1) is 0 Å². The molecular formula is C12H21N3O. The van der Waals surface area contributed by atoms with Crippen molar-refractivity contribution in [3.63, 3.8) is 0 Å². The van der Waals surface area contributed by atoms with Crippen molar-refractivity contribution in [1.82, 2.24) is 4.98 Å². The molecule has 0 radical (unpaired) electrons. The Labute approximate surface area is 97.3 Å². The summed E-state index contributed by atoms with van der Waals surface area (Å²) in [4.78, 5) is 6.28. The summed E-state index contributed by atoms with van der Waals surface area (Å²) in [6.07, 6.45) is 4.16. The smallest absolute Gasteiger partial charge is 0.0570 e. The molecule has 1 unspecified atom stereocenters. The van der Waals surface area contributed by atoms with Gasteiger partial charge in [-0.25, -0.2) is 0 Å². The van der Waals surface area contributed by atoms with Crippen LogP contribution in [-0.2, 0) is 0 Å². The van der Waals surface area contributed by atoms with Crippen molar-refractivity contribution >= 4 is 11.4 Å². The predicted octanol–water partition coefficient (Wildman–Crippen LogP) is 1.72. The van der Waals surface area contributed by atoms with Gasteiger partial charge in [0, 0.05) is 20.1 Å². The first-order chi connectivity index (χ1) is 7.63. The van der Waals surface area contributed by atoms with Crippen LogP contribution in [-0.4, -0.2) is 36.3 Å². The molecule has 1 aromatic rings. The van der Waals surface area contributed by atoms with Crippen molar-refractivity contribution in [2.24, 2.45) is 0 Å². The number of nitrogens with zero attached hydrogens (tertiary/aromatic N) is 2. The molecule has 0 fully saturated rings. The van der Waals surface area contributed by atoms with E-state index in [1.54, 1.807) is 6.92 Å². The van der Waals surface area contributed by atoms with Gasteiger partial charge in [0.2, 0.25) is 0 Å². The molecule has 0 spiro atoms. The first-order valence-electron chi connectivity index (χ1n) is 5.71. The van der Waals surface area contributed by atoms with Gasteiger partial charge in [0.1, 0.15) is 0 Å². The van der Waals surface area contributed by atoms with E-state index in [9.17, 15) is 5.11 Å². The van der Waals surface area contributed by atoms with Crippen molar-refractivity contribution < 1.29 is 5.11 Å². The van der Waals surface area contributed by atoms with E-state index in [0.29, 0.717) is 0 Å². The zero-order chi connectivity index (χ0) is 12.0. The standard InChI is InChI=1S/C12H21N3O/c1-4-14-11-7-12(9-13-8-11)15(3)6-5-10(2)16/h7-10,14,16H,4-6H2,1-3H3. The summed E-state index contributed by atoms with van der Waals surface area (Å²) in [6, 6.07) is 2.07. The molecule has 0 amide bonds. The number of hydrogen-bond donors (Lipinski definition) is 2. The molecule has 0 saturated carbocycles. The first kappa shape index (κ1) is 12.8. The van der Waals surface area contributed by atoms with E-state index in [1.807, 2.05) is 19.4 Å². The van der Waals surface area contributed by atoms with E-state index in [4.69, 9.17) is 0 Å². The fourth-order valence-corrected chi connectivity index (χ4v) is 1.45. The monoisotopic (exact) mass is 223 g/mol. The van der Waals surface area contributed by atoms with Crippen LogP contribution >= 0.6 is 0 Å². The topological polar surface area (TPSA) is 48.4 Å². The van der Waals surface area contributed by atoms with Crippen LogP contribution in [0.25, 0.3) is 0 Å². The van der Waals surface area contributed by atoms with Gasteiger partial charge in [0.25, 0.3) is 0 Å². The van der Waals surface area contributed by atoms with Crippen LogP contribution in [0.5, 0.6) is 0 Å². The molecule has 0 saturated heterocycles. The molecular weight excluding hydrogens is 202 g/mol. The zero-order valence-electron chi connectivity index (χ0n) is 10.3. The third-order valence-electron chi connectivity index (χ3n) is 2.43. The SMILES string of the molecule is CCNc1cncc(N(C)CCC(C)O)c1. The van der Waals surface area contributed by atoms with Crippen LogP contribution in [0.4, 0.5) is 11.4 Å². The molecule has 1 heterocycles. The van der Waals surface area contributed by atoms with Crippen molar-refractivity contribution in [2.45, 2.75) is 26.4 Å². The number of hydrogen-bond acceptors (Lipinski definition) is 4. The summed E-state index contributed by atoms with van der Waals surface area (Å²) in [6.45, 7) is 5.59. The third-order valence-corrected chi connectivity index (χ3v) is 2.43. The Bertz CT molecular complexity index is 315. The van der Waals surface area contributed by atoms with Crippen LogP contribution < -0.4 is 10.2 Å². The van der Waals surface area contributed by atoms with Gasteiger partial charge >= 0.3 is 0 Å². The summed E-state index contributed by atoms with van der Waals surface area (Å²) >= 11 is 0. The van der Waals surface area contributed by atoms with E-state index in [2.05, 4.69) is 28.2 Å². The Kier molecular flexibility index (Phi) is 5.05. The number of aliphatic hydroxyl groups is 1. The molecule has 0 aliphatic carbocycles. The lowest BCUT2D eigenvalue weighted by Crippen LogP contribution is -2.22. The number of aliphatic hydroxyl groups excluding tert-OH is 1. The summed E-state index contributed by atoms with van der Waals surface area (Å²) in [5.41, 5.74) is 2.10. The minimum absolute atomic E-state index is 0.257. The maximum Gasteiger partial charge on any atom is 0.0570 e. The lowest BCUT2D eigenvalue weighted by Gasteiger charge is -2.20. The van der Waals surface area contributed by atoms with Crippen LogP contribution in [0.2, 0.25) is 0 Å². The Morgan fingerprint density at radius 2 is 2.25 bits per heavy atom. The Morgan fingerprint density at radius 1 is 1.50 bits per heavy atom. The highest BCUT2D eigenvalue weighted by atomic mass is 16.3. The molecule has 1 atom stereocenters. The predicted molar refractivity (Wildman–Crippen MR) is 68.0 cm³/mol. The third kappa shape index (κ3) is 4.06. The van der Waals surface area contributed by atoms with E-state index in [0.717, 1.165) is 30.9 Å². The summed E-state index contributed by atoms with van der Waals surface area (Å²) in [5.74, 6) is 0. The van der Waals surface area contributed by atoms with Gasteiger partial charge in [0.05, 0.1) is 29.9 Å². The lowest BCUT2D eigenvalue weighted by molar-refractivity contribution is 0.187. The minimum atomic E-state index is -0.257. The van der Waals surface area contributed by atoms with Gasteiger partial charge in [0.15, 0.2) is 0 Å². The van der Waals surface area contributed by atoms with Gasteiger partial charge < -0.3 is 15.3 Å². The molecule has 0 aromatic carbocycles. The lowest BCUT2D eigenvalue weighted by atomic mass is 10.2. The summed E-state index contributed by atoms with van der Waals surface area (Å²) in [5, 5.41) is 12.5. The minimum Gasteiger partial charge on any atom is -0.393 e. The van der Waals surface area contributed by atoms with E-state index in [1.165, 1.54) is 0 Å². The molecule has 2 N–H and O–H groups in total. The van der Waals surface area contributed by atoms with Gasteiger partial charge in [-0.3, -0.25) is 4.98 Å². The molecule has 4 heteroatoms. The van der Waals surface area contributed by atoms with E-state index in [-0.39, 0.29) is 6.10 Å². The number of aromatic nitrogens is 1. The molecule has 90 valence electrons. The quantitative estimate of drug-likeness (QED) is 0.771. The van der Waals surface area contributed by atoms with Crippen LogP contribution in [0, 0.1) is 0 Å². The molecule has 0 bridgehead atoms. The van der Waals surface area contributed by atoms with Crippen LogP contribution in [0.1, 0.15) is 20.3 Å². The fraction of sp³-hybridized carbons (Fsp3) is 0.583.